The van der Waals surface area contributed by atoms with Crippen molar-refractivity contribution in [3.63, 3.8) is 0 Å². The van der Waals surface area contributed by atoms with Gasteiger partial charge in [0.2, 0.25) is 11.9 Å². The number of rotatable bonds is 6. The summed E-state index contributed by atoms with van der Waals surface area (Å²) < 4.78 is 5.35. The van der Waals surface area contributed by atoms with Crippen LogP contribution in [0.25, 0.3) is 0 Å². The first-order valence-corrected chi connectivity index (χ1v) is 9.41. The largest absolute Gasteiger partial charge is 0.469 e. The van der Waals surface area contributed by atoms with Gasteiger partial charge in [-0.25, -0.2) is 9.97 Å². The zero-order valence-corrected chi connectivity index (χ0v) is 15.9. The molecule has 3 rings (SSSR count). The van der Waals surface area contributed by atoms with Gasteiger partial charge in [-0.1, -0.05) is 0 Å². The summed E-state index contributed by atoms with van der Waals surface area (Å²) in [6.07, 6.45) is 5.29. The fourth-order valence-electron chi connectivity index (χ4n) is 3.47. The Hall–Kier alpha value is -2.37. The number of amides is 1. The highest BCUT2D eigenvalue weighted by Gasteiger charge is 2.28. The fraction of sp³-hybridized carbons (Fsp3) is 0.550. The number of carbonyl (C=O) groups is 1. The van der Waals surface area contributed by atoms with Crippen molar-refractivity contribution in [3.05, 3.63) is 41.6 Å². The molecule has 0 saturated carbocycles. The Kier molecular flexibility index (Phi) is 5.91. The van der Waals surface area contributed by atoms with E-state index in [1.165, 1.54) is 0 Å². The molecule has 1 aliphatic heterocycles. The number of nitrogens with one attached hydrogen (secondary N) is 1. The van der Waals surface area contributed by atoms with Crippen molar-refractivity contribution < 1.29 is 9.21 Å². The predicted molar refractivity (Wildman–Crippen MR) is 101 cm³/mol. The zero-order valence-electron chi connectivity index (χ0n) is 15.9. The zero-order chi connectivity index (χ0) is 18.5. The van der Waals surface area contributed by atoms with Crippen molar-refractivity contribution in [2.45, 2.75) is 52.5 Å². The second-order valence-electron chi connectivity index (χ2n) is 7.26. The number of hydrogen-bond acceptors (Lipinski definition) is 5. The van der Waals surface area contributed by atoms with Gasteiger partial charge in [0.25, 0.3) is 0 Å². The number of nitrogens with zero attached hydrogens (tertiary/aromatic N) is 3. The van der Waals surface area contributed by atoms with E-state index in [-0.39, 0.29) is 17.9 Å². The maximum Gasteiger partial charge on any atom is 0.225 e. The van der Waals surface area contributed by atoms with Gasteiger partial charge in [0.05, 0.1) is 12.2 Å². The van der Waals surface area contributed by atoms with Crippen molar-refractivity contribution >= 4 is 11.9 Å². The molecular weight excluding hydrogens is 328 g/mol. The molecular formula is C20H28N4O2. The lowest BCUT2D eigenvalue weighted by molar-refractivity contribution is -0.125. The molecule has 0 radical (unpaired) electrons. The Morgan fingerprint density at radius 1 is 1.38 bits per heavy atom. The van der Waals surface area contributed by atoms with Crippen LogP contribution in [0.15, 0.2) is 28.9 Å². The van der Waals surface area contributed by atoms with Crippen molar-refractivity contribution in [3.8, 4) is 0 Å². The highest BCUT2D eigenvalue weighted by atomic mass is 16.3. The maximum absolute atomic E-state index is 12.7. The van der Waals surface area contributed by atoms with E-state index in [0.717, 1.165) is 55.3 Å². The van der Waals surface area contributed by atoms with E-state index in [9.17, 15) is 4.79 Å². The first kappa shape index (κ1) is 18.4. The van der Waals surface area contributed by atoms with Crippen molar-refractivity contribution in [1.82, 2.24) is 15.3 Å². The summed E-state index contributed by atoms with van der Waals surface area (Å²) in [6, 6.07) is 5.96. The Morgan fingerprint density at radius 2 is 2.15 bits per heavy atom. The average Bonchev–Trinajstić information content (AvgIpc) is 3.13. The molecule has 0 bridgehead atoms. The van der Waals surface area contributed by atoms with Gasteiger partial charge in [-0.05, 0) is 58.2 Å². The van der Waals surface area contributed by atoms with Crippen molar-refractivity contribution in [2.75, 3.05) is 18.0 Å². The smallest absolute Gasteiger partial charge is 0.225 e. The highest BCUT2D eigenvalue weighted by Crippen LogP contribution is 2.21. The van der Waals surface area contributed by atoms with Crippen LogP contribution in [0, 0.1) is 19.8 Å². The summed E-state index contributed by atoms with van der Waals surface area (Å²) in [4.78, 5) is 23.9. The summed E-state index contributed by atoms with van der Waals surface area (Å²) in [6.45, 7) is 7.59. The van der Waals surface area contributed by atoms with E-state index >= 15 is 0 Å². The topological polar surface area (TPSA) is 71.3 Å². The molecule has 2 aromatic rings. The third-order valence-corrected chi connectivity index (χ3v) is 4.84. The van der Waals surface area contributed by atoms with Crippen LogP contribution in [-0.2, 0) is 11.2 Å². The van der Waals surface area contributed by atoms with E-state index in [1.54, 1.807) is 6.26 Å². The molecule has 26 heavy (non-hydrogen) atoms. The first-order valence-electron chi connectivity index (χ1n) is 9.41. The van der Waals surface area contributed by atoms with Crippen LogP contribution in [0.5, 0.6) is 0 Å². The van der Waals surface area contributed by atoms with Crippen LogP contribution in [-0.4, -0.2) is 35.0 Å². The van der Waals surface area contributed by atoms with Crippen LogP contribution in [0.2, 0.25) is 0 Å². The van der Waals surface area contributed by atoms with Crippen LogP contribution in [0.3, 0.4) is 0 Å². The summed E-state index contributed by atoms with van der Waals surface area (Å²) >= 11 is 0. The van der Waals surface area contributed by atoms with Gasteiger partial charge < -0.3 is 14.6 Å². The standard InChI is InChI=1S/C20H28N4O2/c1-14(8-9-18-7-5-11-26-18)21-19(25)17-6-4-10-24(13-17)20-22-15(2)12-16(3)23-20/h5,7,11-12,14,17H,4,6,8-10,13H2,1-3H3,(H,21,25)/t14-,17+/m0/s1. The van der Waals surface area contributed by atoms with Gasteiger partial charge in [0.15, 0.2) is 0 Å². The monoisotopic (exact) mass is 356 g/mol. The Balaban J connectivity index is 1.53. The average molecular weight is 356 g/mol. The normalized spacial score (nSPS) is 18.6. The lowest BCUT2D eigenvalue weighted by Crippen LogP contribution is -2.46. The number of aryl methyl sites for hydroxylation is 3. The van der Waals surface area contributed by atoms with Gasteiger partial charge >= 0.3 is 0 Å². The summed E-state index contributed by atoms with van der Waals surface area (Å²) in [7, 11) is 0. The Labute approximate surface area is 155 Å². The lowest BCUT2D eigenvalue weighted by Gasteiger charge is -2.32. The molecule has 1 aliphatic rings. The summed E-state index contributed by atoms with van der Waals surface area (Å²) in [5, 5.41) is 3.16. The molecule has 1 fully saturated rings. The molecule has 3 heterocycles. The van der Waals surface area contributed by atoms with E-state index in [0.29, 0.717) is 6.54 Å². The Bertz CT molecular complexity index is 709. The second kappa shape index (κ2) is 8.34. The Morgan fingerprint density at radius 3 is 2.85 bits per heavy atom. The highest BCUT2D eigenvalue weighted by molar-refractivity contribution is 5.79. The number of furan rings is 1. The minimum atomic E-state index is -0.0146. The molecule has 6 heteroatoms. The predicted octanol–water partition coefficient (Wildman–Crippen LogP) is 3.04. The number of piperidine rings is 1. The maximum atomic E-state index is 12.7. The third kappa shape index (κ3) is 4.84. The van der Waals surface area contributed by atoms with Crippen LogP contribution >= 0.6 is 0 Å². The molecule has 1 N–H and O–H groups in total. The molecule has 0 unspecified atom stereocenters. The van der Waals surface area contributed by atoms with Crippen molar-refractivity contribution in [2.24, 2.45) is 5.92 Å². The molecule has 140 valence electrons. The number of hydrogen-bond donors (Lipinski definition) is 1. The van der Waals surface area contributed by atoms with E-state index in [1.807, 2.05) is 32.0 Å². The molecule has 0 aliphatic carbocycles. The number of anilines is 1. The molecule has 1 saturated heterocycles. The third-order valence-electron chi connectivity index (χ3n) is 4.84. The number of aromatic nitrogens is 2. The summed E-state index contributed by atoms with van der Waals surface area (Å²) in [5.74, 6) is 1.82. The molecule has 2 atom stereocenters. The summed E-state index contributed by atoms with van der Waals surface area (Å²) in [5.41, 5.74) is 1.93. The van der Waals surface area contributed by atoms with E-state index in [2.05, 4.69) is 27.1 Å². The first-order chi connectivity index (χ1) is 12.5. The molecule has 0 spiro atoms. The molecule has 2 aromatic heterocycles. The fourth-order valence-corrected chi connectivity index (χ4v) is 3.47. The molecule has 1 amide bonds. The quantitative estimate of drug-likeness (QED) is 0.861. The second-order valence-corrected chi connectivity index (χ2v) is 7.26. The van der Waals surface area contributed by atoms with Crippen LogP contribution < -0.4 is 10.2 Å². The van der Waals surface area contributed by atoms with Crippen LogP contribution in [0.1, 0.15) is 43.3 Å². The van der Waals surface area contributed by atoms with E-state index in [4.69, 9.17) is 4.42 Å². The van der Waals surface area contributed by atoms with Crippen molar-refractivity contribution in [1.29, 1.82) is 0 Å². The van der Waals surface area contributed by atoms with Crippen LogP contribution in [0.4, 0.5) is 5.95 Å². The van der Waals surface area contributed by atoms with Gasteiger partial charge in [-0.15, -0.1) is 0 Å². The molecule has 0 aromatic carbocycles. The van der Waals surface area contributed by atoms with Gasteiger partial charge in [0, 0.05) is 36.9 Å². The minimum Gasteiger partial charge on any atom is -0.469 e. The van der Waals surface area contributed by atoms with E-state index < -0.39 is 0 Å². The SMILES string of the molecule is Cc1cc(C)nc(N2CCC[C@@H](C(=O)N[C@@H](C)CCc3ccco3)C2)n1. The lowest BCUT2D eigenvalue weighted by atomic mass is 9.96. The van der Waals surface area contributed by atoms with Gasteiger partial charge in [-0.2, -0.15) is 0 Å². The molecule has 6 nitrogen and oxygen atoms in total. The minimum absolute atomic E-state index is 0.0146. The number of carbonyl (C=O) groups excluding carboxylic acids is 1. The van der Waals surface area contributed by atoms with Gasteiger partial charge in [0.1, 0.15) is 5.76 Å². The van der Waals surface area contributed by atoms with Gasteiger partial charge in [-0.3, -0.25) is 4.79 Å².